The molecule has 0 radical (unpaired) electrons. The second-order valence-corrected chi connectivity index (χ2v) is 6.08. The minimum absolute atomic E-state index is 0.0451. The van der Waals surface area contributed by atoms with Crippen LogP contribution in [0.4, 0.5) is 0 Å². The highest BCUT2D eigenvalue weighted by Gasteiger charge is 2.20. The summed E-state index contributed by atoms with van der Waals surface area (Å²) in [7, 11) is 0. The summed E-state index contributed by atoms with van der Waals surface area (Å²) in [5, 5.41) is 0.448. The van der Waals surface area contributed by atoms with Gasteiger partial charge in [-0.15, -0.1) is 0 Å². The molecule has 3 aromatic rings. The minimum atomic E-state index is -0.332. The van der Waals surface area contributed by atoms with Crippen LogP contribution >= 0.6 is 11.6 Å². The molecule has 0 aliphatic heterocycles. The highest BCUT2D eigenvalue weighted by Crippen LogP contribution is 2.21. The molecule has 0 saturated heterocycles. The van der Waals surface area contributed by atoms with Gasteiger partial charge in [0, 0.05) is 12.3 Å². The zero-order valence-corrected chi connectivity index (χ0v) is 14.4. The lowest BCUT2D eigenvalue weighted by Gasteiger charge is -2.14. The van der Waals surface area contributed by atoms with E-state index in [0.29, 0.717) is 22.8 Å². The standard InChI is InChI=1S/C19H17ClN2O3/c1-2-16(13-6-4-3-5-7-13)19(24)25-12-15-10-18(23)22-11-14(20)8-9-17(22)21-15/h3-11,16H,2,12H2,1H3. The van der Waals surface area contributed by atoms with Crippen molar-refractivity contribution in [2.75, 3.05) is 0 Å². The van der Waals surface area contributed by atoms with Crippen molar-refractivity contribution < 1.29 is 9.53 Å². The number of nitrogens with zero attached hydrogens (tertiary/aromatic N) is 2. The van der Waals surface area contributed by atoms with Crippen molar-refractivity contribution in [2.24, 2.45) is 0 Å². The van der Waals surface area contributed by atoms with Crippen molar-refractivity contribution in [3.63, 3.8) is 0 Å². The number of benzene rings is 1. The summed E-state index contributed by atoms with van der Waals surface area (Å²) in [6.07, 6.45) is 2.14. The zero-order valence-electron chi connectivity index (χ0n) is 13.7. The topological polar surface area (TPSA) is 60.7 Å². The van der Waals surface area contributed by atoms with Crippen molar-refractivity contribution >= 4 is 23.2 Å². The number of esters is 1. The van der Waals surface area contributed by atoms with Crippen LogP contribution in [0.2, 0.25) is 5.02 Å². The third kappa shape index (κ3) is 3.88. The van der Waals surface area contributed by atoms with E-state index in [2.05, 4.69) is 4.98 Å². The molecular formula is C19H17ClN2O3. The first-order chi connectivity index (χ1) is 12.1. The summed E-state index contributed by atoms with van der Waals surface area (Å²) < 4.78 is 6.74. The third-order valence-corrected chi connectivity index (χ3v) is 4.16. The first-order valence-electron chi connectivity index (χ1n) is 7.98. The van der Waals surface area contributed by atoms with Crippen molar-refractivity contribution in [1.82, 2.24) is 9.38 Å². The molecule has 128 valence electrons. The first kappa shape index (κ1) is 17.2. The van der Waals surface area contributed by atoms with E-state index in [9.17, 15) is 9.59 Å². The zero-order chi connectivity index (χ0) is 17.8. The molecule has 0 aliphatic carbocycles. The number of rotatable bonds is 5. The maximum Gasteiger partial charge on any atom is 0.313 e. The van der Waals surface area contributed by atoms with Gasteiger partial charge in [-0.2, -0.15) is 0 Å². The van der Waals surface area contributed by atoms with E-state index in [1.54, 1.807) is 12.1 Å². The summed E-state index contributed by atoms with van der Waals surface area (Å²) in [5.41, 5.74) is 1.51. The number of aromatic nitrogens is 2. The van der Waals surface area contributed by atoms with Gasteiger partial charge in [-0.3, -0.25) is 14.0 Å². The van der Waals surface area contributed by atoms with Crippen LogP contribution in [0.25, 0.3) is 5.65 Å². The normalized spacial score (nSPS) is 12.1. The average molecular weight is 357 g/mol. The summed E-state index contributed by atoms with van der Waals surface area (Å²) in [4.78, 5) is 28.9. The second-order valence-electron chi connectivity index (χ2n) is 5.64. The van der Waals surface area contributed by atoms with Crippen LogP contribution in [-0.4, -0.2) is 15.4 Å². The summed E-state index contributed by atoms with van der Waals surface area (Å²) in [6, 6.07) is 14.1. The Bertz CT molecular complexity index is 954. The van der Waals surface area contributed by atoms with E-state index >= 15 is 0 Å². The molecule has 0 bridgehead atoms. The molecule has 3 rings (SSSR count). The number of hydrogen-bond acceptors (Lipinski definition) is 4. The van der Waals surface area contributed by atoms with Crippen LogP contribution in [-0.2, 0) is 16.1 Å². The van der Waals surface area contributed by atoms with Crippen molar-refractivity contribution in [2.45, 2.75) is 25.9 Å². The van der Waals surface area contributed by atoms with E-state index in [4.69, 9.17) is 16.3 Å². The molecule has 1 aromatic carbocycles. The Hall–Kier alpha value is -2.66. The molecule has 0 saturated carbocycles. The van der Waals surface area contributed by atoms with Crippen LogP contribution in [0, 0.1) is 0 Å². The third-order valence-electron chi connectivity index (χ3n) is 3.93. The van der Waals surface area contributed by atoms with Gasteiger partial charge in [-0.1, -0.05) is 48.9 Å². The van der Waals surface area contributed by atoms with Crippen LogP contribution in [0.5, 0.6) is 0 Å². The number of carbonyl (C=O) groups is 1. The van der Waals surface area contributed by atoms with E-state index in [-0.39, 0.29) is 24.1 Å². The van der Waals surface area contributed by atoms with E-state index in [1.807, 2.05) is 37.3 Å². The molecule has 0 fully saturated rings. The molecule has 0 amide bonds. The number of carbonyl (C=O) groups excluding carboxylic acids is 1. The molecule has 25 heavy (non-hydrogen) atoms. The maximum atomic E-state index is 12.4. The lowest BCUT2D eigenvalue weighted by molar-refractivity contribution is -0.147. The number of halogens is 1. The van der Waals surface area contributed by atoms with E-state index in [1.165, 1.54) is 16.7 Å². The lowest BCUT2D eigenvalue weighted by Crippen LogP contribution is -2.18. The molecule has 5 nitrogen and oxygen atoms in total. The monoisotopic (exact) mass is 356 g/mol. The number of ether oxygens (including phenoxy) is 1. The second kappa shape index (κ2) is 7.49. The van der Waals surface area contributed by atoms with Crippen LogP contribution in [0.15, 0.2) is 59.5 Å². The van der Waals surface area contributed by atoms with E-state index in [0.717, 1.165) is 5.56 Å². The summed E-state index contributed by atoms with van der Waals surface area (Å²) in [6.45, 7) is 1.89. The molecule has 2 heterocycles. The van der Waals surface area contributed by atoms with Crippen molar-refractivity contribution in [3.05, 3.63) is 81.4 Å². The van der Waals surface area contributed by atoms with Gasteiger partial charge < -0.3 is 4.74 Å². The molecular weight excluding hydrogens is 340 g/mol. The Labute approximate surface area is 149 Å². The van der Waals surface area contributed by atoms with Crippen molar-refractivity contribution in [3.8, 4) is 0 Å². The van der Waals surface area contributed by atoms with Gasteiger partial charge in [-0.25, -0.2) is 4.98 Å². The van der Waals surface area contributed by atoms with Gasteiger partial charge in [0.15, 0.2) is 0 Å². The number of pyridine rings is 1. The van der Waals surface area contributed by atoms with Gasteiger partial charge in [0.25, 0.3) is 5.56 Å². The Balaban J connectivity index is 1.77. The molecule has 2 aromatic heterocycles. The number of hydrogen-bond donors (Lipinski definition) is 0. The fourth-order valence-corrected chi connectivity index (χ4v) is 2.83. The van der Waals surface area contributed by atoms with Crippen LogP contribution in [0.3, 0.4) is 0 Å². The summed E-state index contributed by atoms with van der Waals surface area (Å²) in [5.74, 6) is -0.659. The average Bonchev–Trinajstić information content (AvgIpc) is 2.62. The Morgan fingerprint density at radius 3 is 2.72 bits per heavy atom. The fourth-order valence-electron chi connectivity index (χ4n) is 2.67. The Morgan fingerprint density at radius 2 is 2.00 bits per heavy atom. The predicted octanol–water partition coefficient (Wildman–Crippen LogP) is 3.58. The Kier molecular flexibility index (Phi) is 5.14. The fraction of sp³-hybridized carbons (Fsp3) is 0.211. The smallest absolute Gasteiger partial charge is 0.313 e. The molecule has 0 spiro atoms. The van der Waals surface area contributed by atoms with Gasteiger partial charge in [0.1, 0.15) is 12.3 Å². The maximum absolute atomic E-state index is 12.4. The number of fused-ring (bicyclic) bond motifs is 1. The molecule has 6 heteroatoms. The highest BCUT2D eigenvalue weighted by molar-refractivity contribution is 6.30. The molecule has 1 unspecified atom stereocenters. The van der Waals surface area contributed by atoms with Crippen molar-refractivity contribution in [1.29, 1.82) is 0 Å². The Morgan fingerprint density at radius 1 is 1.24 bits per heavy atom. The minimum Gasteiger partial charge on any atom is -0.459 e. The highest BCUT2D eigenvalue weighted by atomic mass is 35.5. The van der Waals surface area contributed by atoms with Crippen LogP contribution in [0.1, 0.15) is 30.5 Å². The first-order valence-corrected chi connectivity index (χ1v) is 8.35. The summed E-state index contributed by atoms with van der Waals surface area (Å²) >= 11 is 5.89. The van der Waals surface area contributed by atoms with Gasteiger partial charge >= 0.3 is 5.97 Å². The molecule has 0 aliphatic rings. The predicted molar refractivity (Wildman–Crippen MR) is 95.7 cm³/mol. The van der Waals surface area contributed by atoms with Gasteiger partial charge in [0.05, 0.1) is 16.6 Å². The largest absolute Gasteiger partial charge is 0.459 e. The van der Waals surface area contributed by atoms with Gasteiger partial charge in [-0.05, 0) is 24.1 Å². The van der Waals surface area contributed by atoms with Gasteiger partial charge in [0.2, 0.25) is 0 Å². The quantitative estimate of drug-likeness (QED) is 0.655. The molecule has 0 N–H and O–H groups in total. The SMILES string of the molecule is CCC(C(=O)OCc1cc(=O)n2cc(Cl)ccc2n1)c1ccccc1. The molecule has 1 atom stereocenters. The van der Waals surface area contributed by atoms with Crippen LogP contribution < -0.4 is 5.56 Å². The van der Waals surface area contributed by atoms with E-state index < -0.39 is 0 Å². The lowest BCUT2D eigenvalue weighted by atomic mass is 9.97.